The Hall–Kier alpha value is -6.06. The van der Waals surface area contributed by atoms with Crippen molar-refractivity contribution in [2.45, 2.75) is 24.2 Å². The number of aliphatic carboxylic acids is 1. The third-order valence-electron chi connectivity index (χ3n) is 6.62. The number of benzene rings is 2. The Morgan fingerprint density at radius 2 is 1.48 bits per heavy atom. The molecule has 276 valence electrons. The van der Waals surface area contributed by atoms with Gasteiger partial charge in [-0.05, 0) is 42.5 Å². The number of nitrogens with zero attached hydrogens (tertiary/aromatic N) is 3. The summed E-state index contributed by atoms with van der Waals surface area (Å²) < 4.78 is 57.4. The van der Waals surface area contributed by atoms with Gasteiger partial charge in [-0.3, -0.25) is 24.0 Å². The molecule has 1 aromatic heterocycles. The zero-order chi connectivity index (χ0) is 37.7. The molecular weight excluding hydrogens is 715 g/mol. The molecule has 1 fully saturated rings. The van der Waals surface area contributed by atoms with E-state index in [1.165, 1.54) is 36.4 Å². The van der Waals surface area contributed by atoms with Crippen molar-refractivity contribution in [1.29, 1.82) is 0 Å². The van der Waals surface area contributed by atoms with Gasteiger partial charge in [-0.15, -0.1) is 5.06 Å². The van der Waals surface area contributed by atoms with E-state index in [0.717, 1.165) is 18.5 Å². The van der Waals surface area contributed by atoms with Gasteiger partial charge in [-0.1, -0.05) is 0 Å². The molecule has 1 aliphatic rings. The molecule has 4 rings (SSSR count). The van der Waals surface area contributed by atoms with Crippen LogP contribution >= 0.6 is 0 Å². The van der Waals surface area contributed by atoms with E-state index in [9.17, 15) is 41.6 Å². The summed E-state index contributed by atoms with van der Waals surface area (Å²) in [7, 11) is -4.15. The predicted molar refractivity (Wildman–Crippen MR) is 171 cm³/mol. The van der Waals surface area contributed by atoms with Crippen molar-refractivity contribution in [3.05, 3.63) is 71.8 Å². The van der Waals surface area contributed by atoms with Crippen molar-refractivity contribution in [2.75, 3.05) is 44.2 Å². The number of ether oxygens (including phenoxy) is 3. The number of imide groups is 1. The van der Waals surface area contributed by atoms with Gasteiger partial charge in [0.25, 0.3) is 27.7 Å². The summed E-state index contributed by atoms with van der Waals surface area (Å²) in [4.78, 5) is 81.8. The molecule has 2 heterocycles. The van der Waals surface area contributed by atoms with Gasteiger partial charge >= 0.3 is 11.9 Å². The summed E-state index contributed by atoms with van der Waals surface area (Å²) in [5, 5.41) is 14.3. The molecule has 0 saturated carbocycles. The SMILES string of the molecule is O=C(O)Cc1cc(Oc2ccc(S(=O)(=O)Nc3ncc(C(=O)NCCOCC(=O)NCCOCC(=O)ON4C(=O)CCC4=O)cn3)cc2)ccc1F. The molecule has 0 unspecified atom stereocenters. The van der Waals surface area contributed by atoms with Crippen LogP contribution in [-0.2, 0) is 54.7 Å². The molecule has 2 aromatic carbocycles. The number of carboxylic acids is 1. The Kier molecular flexibility index (Phi) is 13.6. The third kappa shape index (κ3) is 11.8. The minimum Gasteiger partial charge on any atom is -0.481 e. The molecule has 1 saturated heterocycles. The van der Waals surface area contributed by atoms with Crippen LogP contribution in [0.2, 0.25) is 0 Å². The highest BCUT2D eigenvalue weighted by molar-refractivity contribution is 7.92. The lowest BCUT2D eigenvalue weighted by atomic mass is 10.1. The molecule has 52 heavy (non-hydrogen) atoms. The largest absolute Gasteiger partial charge is 0.481 e. The van der Waals surface area contributed by atoms with Gasteiger partial charge < -0.3 is 34.8 Å². The number of carboxylic acid groups (broad SMARTS) is 1. The molecule has 0 bridgehead atoms. The topological polar surface area (TPSA) is 259 Å². The first-order valence-corrected chi connectivity index (χ1v) is 16.7. The third-order valence-corrected chi connectivity index (χ3v) is 7.96. The highest BCUT2D eigenvalue weighted by atomic mass is 32.2. The fourth-order valence-corrected chi connectivity index (χ4v) is 5.13. The summed E-state index contributed by atoms with van der Waals surface area (Å²) in [5.41, 5.74) is -0.0673. The molecule has 3 aromatic rings. The van der Waals surface area contributed by atoms with Crippen molar-refractivity contribution < 1.29 is 65.7 Å². The maximum Gasteiger partial charge on any atom is 0.358 e. The van der Waals surface area contributed by atoms with Crippen molar-refractivity contribution in [3.63, 3.8) is 0 Å². The predicted octanol–water partition coefficient (Wildman–Crippen LogP) is 0.322. The number of carbonyl (C=O) groups is 6. The molecule has 4 amide bonds. The Morgan fingerprint density at radius 1 is 0.865 bits per heavy atom. The maximum atomic E-state index is 13.8. The van der Waals surface area contributed by atoms with Gasteiger partial charge in [0.2, 0.25) is 11.9 Å². The zero-order valence-electron chi connectivity index (χ0n) is 27.0. The van der Waals surface area contributed by atoms with E-state index < -0.39 is 64.4 Å². The number of nitrogens with one attached hydrogen (secondary N) is 3. The van der Waals surface area contributed by atoms with Crippen LogP contribution in [0.1, 0.15) is 28.8 Å². The van der Waals surface area contributed by atoms with Gasteiger partial charge in [-0.25, -0.2) is 32.3 Å². The van der Waals surface area contributed by atoms with E-state index in [0.29, 0.717) is 5.06 Å². The standard InChI is InChI=1S/C31H31FN6O13S/c32-24-6-3-22(13-19(24)14-28(42)43)50-21-1-4-23(5-2-21)52(46,47)37-31-35-15-20(16-36-31)30(45)34-10-12-48-17-25(39)33-9-11-49-18-29(44)51-38-26(40)7-8-27(38)41/h1-6,13,15-16H,7-12,14,17-18H2,(H,33,39)(H,34,45)(H,42,43)(H,35,36,37). The smallest absolute Gasteiger partial charge is 0.358 e. The number of anilines is 1. The molecule has 0 atom stereocenters. The minimum absolute atomic E-state index is 0.0111. The summed E-state index contributed by atoms with van der Waals surface area (Å²) in [6.45, 7) is -0.939. The number of hydroxylamine groups is 2. The van der Waals surface area contributed by atoms with E-state index in [2.05, 4.69) is 30.2 Å². The molecular formula is C31H31FN6O13S. The lowest BCUT2D eigenvalue weighted by Crippen LogP contribution is -2.35. The number of aromatic nitrogens is 2. The molecule has 19 nitrogen and oxygen atoms in total. The van der Waals surface area contributed by atoms with Crippen LogP contribution in [-0.4, -0.2) is 104 Å². The highest BCUT2D eigenvalue weighted by Crippen LogP contribution is 2.26. The van der Waals surface area contributed by atoms with Gasteiger partial charge in [0.15, 0.2) is 0 Å². The van der Waals surface area contributed by atoms with E-state index in [1.54, 1.807) is 0 Å². The highest BCUT2D eigenvalue weighted by Gasteiger charge is 2.32. The number of sulfonamides is 1. The van der Waals surface area contributed by atoms with Crippen LogP contribution in [0.25, 0.3) is 0 Å². The number of carbonyl (C=O) groups excluding carboxylic acids is 5. The van der Waals surface area contributed by atoms with Crippen molar-refractivity contribution >= 4 is 51.5 Å². The second-order valence-corrected chi connectivity index (χ2v) is 12.2. The molecule has 1 aliphatic heterocycles. The number of rotatable bonds is 19. The van der Waals surface area contributed by atoms with Crippen LogP contribution in [0, 0.1) is 5.82 Å². The normalized spacial score (nSPS) is 12.7. The van der Waals surface area contributed by atoms with E-state index >= 15 is 0 Å². The van der Waals surface area contributed by atoms with Crippen LogP contribution in [0.3, 0.4) is 0 Å². The summed E-state index contributed by atoms with van der Waals surface area (Å²) in [6, 6.07) is 8.73. The van der Waals surface area contributed by atoms with Crippen LogP contribution in [0.4, 0.5) is 10.3 Å². The van der Waals surface area contributed by atoms with Crippen molar-refractivity contribution in [2.24, 2.45) is 0 Å². The van der Waals surface area contributed by atoms with Gasteiger partial charge in [0.05, 0.1) is 30.1 Å². The van der Waals surface area contributed by atoms with Gasteiger partial charge in [-0.2, -0.15) is 0 Å². The summed E-state index contributed by atoms with van der Waals surface area (Å²) in [5.74, 6) is -5.15. The fourth-order valence-electron chi connectivity index (χ4n) is 4.17. The molecule has 0 spiro atoms. The maximum absolute atomic E-state index is 13.8. The lowest BCUT2D eigenvalue weighted by molar-refractivity contribution is -0.200. The van der Waals surface area contributed by atoms with E-state index in [1.807, 2.05) is 0 Å². The van der Waals surface area contributed by atoms with Gasteiger partial charge in [0, 0.05) is 43.9 Å². The lowest BCUT2D eigenvalue weighted by Gasteiger charge is -2.12. The molecule has 0 aliphatic carbocycles. The first-order chi connectivity index (χ1) is 24.8. The number of amides is 4. The summed E-state index contributed by atoms with van der Waals surface area (Å²) in [6.07, 6.45) is 1.59. The Labute approximate surface area is 294 Å². The monoisotopic (exact) mass is 746 g/mol. The van der Waals surface area contributed by atoms with Crippen LogP contribution in [0.15, 0.2) is 59.8 Å². The minimum atomic E-state index is -4.15. The van der Waals surface area contributed by atoms with Gasteiger partial charge in [0.1, 0.15) is 30.5 Å². The quantitative estimate of drug-likeness (QED) is 0.0952. The van der Waals surface area contributed by atoms with Crippen LogP contribution in [0.5, 0.6) is 11.5 Å². The van der Waals surface area contributed by atoms with E-state index in [4.69, 9.17) is 19.3 Å². The Balaban J connectivity index is 1.11. The van der Waals surface area contributed by atoms with Crippen LogP contribution < -0.4 is 20.1 Å². The number of halogens is 1. The number of hydrogen-bond acceptors (Lipinski definition) is 14. The second-order valence-electron chi connectivity index (χ2n) is 10.6. The first-order valence-electron chi connectivity index (χ1n) is 15.2. The Bertz CT molecular complexity index is 1890. The average Bonchev–Trinajstić information content (AvgIpc) is 3.41. The fraction of sp³-hybridized carbons (Fsp3) is 0.290. The van der Waals surface area contributed by atoms with Crippen molar-refractivity contribution in [1.82, 2.24) is 25.7 Å². The number of hydrogen-bond donors (Lipinski definition) is 4. The average molecular weight is 747 g/mol. The van der Waals surface area contributed by atoms with E-state index in [-0.39, 0.29) is 79.2 Å². The molecule has 21 heteroatoms. The Morgan fingerprint density at radius 3 is 2.13 bits per heavy atom. The first kappa shape index (κ1) is 38.7. The molecule has 0 radical (unpaired) electrons. The zero-order valence-corrected chi connectivity index (χ0v) is 27.9. The molecule has 4 N–H and O–H groups in total. The summed E-state index contributed by atoms with van der Waals surface area (Å²) >= 11 is 0. The van der Waals surface area contributed by atoms with Crippen molar-refractivity contribution in [3.8, 4) is 11.5 Å². The second kappa shape index (κ2) is 18.3.